The summed E-state index contributed by atoms with van der Waals surface area (Å²) in [6.45, 7) is 1.84. The van der Waals surface area contributed by atoms with Gasteiger partial charge in [0.05, 0.1) is 17.0 Å². The third kappa shape index (κ3) is 4.37. The lowest BCUT2D eigenvalue weighted by atomic mass is 10.1. The van der Waals surface area contributed by atoms with Gasteiger partial charge >= 0.3 is 0 Å². The van der Waals surface area contributed by atoms with Crippen molar-refractivity contribution in [3.05, 3.63) is 81.1 Å². The van der Waals surface area contributed by atoms with E-state index in [0.29, 0.717) is 41.6 Å². The number of carbonyl (C=O) groups excluding carboxylic acids is 1. The standard InChI is InChI=1S/C22H20ClN3O4/c23-16-6-8-19(20(12-16)26(28)29)21-9-7-18(30-21)14-24-13-15-3-1-4-17(11-15)25-10-2-5-22(25)27/h1,3-4,6-9,11-12,24H,2,5,10,13-14H2. The number of amides is 1. The molecule has 0 saturated carbocycles. The van der Waals surface area contributed by atoms with E-state index in [0.717, 1.165) is 24.2 Å². The number of nitrogens with one attached hydrogen (secondary N) is 1. The number of anilines is 1. The minimum Gasteiger partial charge on any atom is -0.459 e. The normalized spacial score (nSPS) is 13.8. The number of rotatable bonds is 7. The van der Waals surface area contributed by atoms with Gasteiger partial charge in [-0.1, -0.05) is 23.7 Å². The molecule has 0 aliphatic carbocycles. The van der Waals surface area contributed by atoms with Crippen molar-refractivity contribution in [2.45, 2.75) is 25.9 Å². The zero-order chi connectivity index (χ0) is 21.1. The van der Waals surface area contributed by atoms with Crippen LogP contribution in [0.15, 0.2) is 59.0 Å². The molecule has 1 fully saturated rings. The maximum Gasteiger partial charge on any atom is 0.281 e. The number of furan rings is 1. The summed E-state index contributed by atoms with van der Waals surface area (Å²) >= 11 is 5.87. The Morgan fingerprint density at radius 3 is 2.77 bits per heavy atom. The summed E-state index contributed by atoms with van der Waals surface area (Å²) in [5, 5.41) is 14.9. The molecule has 8 heteroatoms. The van der Waals surface area contributed by atoms with Crippen LogP contribution in [-0.2, 0) is 17.9 Å². The van der Waals surface area contributed by atoms with Crippen LogP contribution >= 0.6 is 11.6 Å². The van der Waals surface area contributed by atoms with Crippen LogP contribution in [0.1, 0.15) is 24.2 Å². The molecule has 0 bridgehead atoms. The van der Waals surface area contributed by atoms with E-state index in [1.807, 2.05) is 29.2 Å². The minimum atomic E-state index is -0.472. The maximum atomic E-state index is 11.9. The maximum absolute atomic E-state index is 11.9. The molecular weight excluding hydrogens is 406 g/mol. The van der Waals surface area contributed by atoms with Crippen LogP contribution in [0.2, 0.25) is 5.02 Å². The van der Waals surface area contributed by atoms with Crippen LogP contribution < -0.4 is 10.2 Å². The van der Waals surface area contributed by atoms with Crippen LogP contribution in [0, 0.1) is 10.1 Å². The first kappa shape index (κ1) is 20.1. The zero-order valence-corrected chi connectivity index (χ0v) is 16.9. The van der Waals surface area contributed by atoms with Gasteiger partial charge in [-0.05, 0) is 48.4 Å². The summed E-state index contributed by atoms with van der Waals surface area (Å²) in [4.78, 5) is 24.6. The van der Waals surface area contributed by atoms with Gasteiger partial charge in [0.25, 0.3) is 5.69 Å². The molecule has 7 nitrogen and oxygen atoms in total. The van der Waals surface area contributed by atoms with E-state index in [-0.39, 0.29) is 11.6 Å². The fourth-order valence-corrected chi connectivity index (χ4v) is 3.73. The van der Waals surface area contributed by atoms with Crippen molar-refractivity contribution >= 4 is 28.9 Å². The summed E-state index contributed by atoms with van der Waals surface area (Å²) in [6.07, 6.45) is 1.50. The average molecular weight is 426 g/mol. The molecule has 1 aliphatic heterocycles. The quantitative estimate of drug-likeness (QED) is 0.428. The van der Waals surface area contributed by atoms with Crippen LogP contribution in [0.4, 0.5) is 11.4 Å². The molecule has 2 aromatic carbocycles. The van der Waals surface area contributed by atoms with Gasteiger partial charge in [-0.3, -0.25) is 14.9 Å². The van der Waals surface area contributed by atoms with Gasteiger partial charge in [0, 0.05) is 36.3 Å². The Labute approximate surface area is 178 Å². The molecule has 4 rings (SSSR count). The third-order valence-electron chi connectivity index (χ3n) is 5.01. The lowest BCUT2D eigenvalue weighted by Crippen LogP contribution is -2.23. The first-order chi connectivity index (χ1) is 14.5. The number of nitro groups is 1. The van der Waals surface area contributed by atoms with Gasteiger partial charge in [0.2, 0.25) is 5.91 Å². The molecule has 0 unspecified atom stereocenters. The summed E-state index contributed by atoms with van der Waals surface area (Å²) in [6, 6.07) is 15.9. The van der Waals surface area contributed by atoms with Crippen molar-refractivity contribution in [3.63, 3.8) is 0 Å². The number of nitro benzene ring substituents is 1. The predicted octanol–water partition coefficient (Wildman–Crippen LogP) is 4.92. The highest BCUT2D eigenvalue weighted by molar-refractivity contribution is 6.30. The molecule has 1 amide bonds. The lowest BCUT2D eigenvalue weighted by molar-refractivity contribution is -0.384. The lowest BCUT2D eigenvalue weighted by Gasteiger charge is -2.16. The van der Waals surface area contributed by atoms with E-state index >= 15 is 0 Å². The Kier molecular flexibility index (Phi) is 5.83. The third-order valence-corrected chi connectivity index (χ3v) is 5.24. The summed E-state index contributed by atoms with van der Waals surface area (Å²) in [5.41, 5.74) is 2.28. The summed E-state index contributed by atoms with van der Waals surface area (Å²) in [7, 11) is 0. The first-order valence-corrected chi connectivity index (χ1v) is 10.0. The fourth-order valence-electron chi connectivity index (χ4n) is 3.57. The van der Waals surface area contributed by atoms with E-state index < -0.39 is 4.92 Å². The molecule has 154 valence electrons. The summed E-state index contributed by atoms with van der Waals surface area (Å²) < 4.78 is 5.79. The number of carbonyl (C=O) groups is 1. The molecule has 0 spiro atoms. The van der Waals surface area contributed by atoms with E-state index in [1.54, 1.807) is 24.3 Å². The highest BCUT2D eigenvalue weighted by atomic mass is 35.5. The Morgan fingerprint density at radius 1 is 1.13 bits per heavy atom. The monoisotopic (exact) mass is 425 g/mol. The first-order valence-electron chi connectivity index (χ1n) is 9.64. The molecule has 0 atom stereocenters. The van der Waals surface area contributed by atoms with Crippen molar-refractivity contribution in [3.8, 4) is 11.3 Å². The van der Waals surface area contributed by atoms with Crippen molar-refractivity contribution in [2.24, 2.45) is 0 Å². The minimum absolute atomic E-state index is 0.0929. The van der Waals surface area contributed by atoms with E-state index in [4.69, 9.17) is 16.0 Å². The fraction of sp³-hybridized carbons (Fsp3) is 0.227. The van der Waals surface area contributed by atoms with Gasteiger partial charge in [0.15, 0.2) is 0 Å². The second kappa shape index (κ2) is 8.69. The van der Waals surface area contributed by atoms with Crippen LogP contribution in [0.3, 0.4) is 0 Å². The number of benzene rings is 2. The van der Waals surface area contributed by atoms with Crippen molar-refractivity contribution in [1.82, 2.24) is 5.32 Å². The zero-order valence-electron chi connectivity index (χ0n) is 16.1. The summed E-state index contributed by atoms with van der Waals surface area (Å²) in [5.74, 6) is 1.25. The van der Waals surface area contributed by atoms with E-state index in [1.165, 1.54) is 6.07 Å². The van der Waals surface area contributed by atoms with Gasteiger partial charge in [-0.2, -0.15) is 0 Å². The van der Waals surface area contributed by atoms with Crippen molar-refractivity contribution in [1.29, 1.82) is 0 Å². The number of nitrogens with zero attached hydrogens (tertiary/aromatic N) is 2. The smallest absolute Gasteiger partial charge is 0.281 e. The second-order valence-electron chi connectivity index (χ2n) is 7.11. The number of halogens is 1. The highest BCUT2D eigenvalue weighted by Crippen LogP contribution is 2.33. The Bertz CT molecular complexity index is 1100. The molecule has 0 radical (unpaired) electrons. The van der Waals surface area contributed by atoms with Crippen LogP contribution in [0.25, 0.3) is 11.3 Å². The topological polar surface area (TPSA) is 88.6 Å². The van der Waals surface area contributed by atoms with Gasteiger partial charge in [0.1, 0.15) is 11.5 Å². The van der Waals surface area contributed by atoms with Crippen LogP contribution in [0.5, 0.6) is 0 Å². The molecule has 3 aromatic rings. The predicted molar refractivity (Wildman–Crippen MR) is 114 cm³/mol. The largest absolute Gasteiger partial charge is 0.459 e. The Morgan fingerprint density at radius 2 is 2.00 bits per heavy atom. The Balaban J connectivity index is 1.40. The Hall–Kier alpha value is -3.16. The molecule has 1 N–H and O–H groups in total. The van der Waals surface area contributed by atoms with Crippen molar-refractivity contribution < 1.29 is 14.1 Å². The van der Waals surface area contributed by atoms with Gasteiger partial charge in [-0.25, -0.2) is 0 Å². The average Bonchev–Trinajstić information content (AvgIpc) is 3.37. The second-order valence-corrected chi connectivity index (χ2v) is 7.54. The van der Waals surface area contributed by atoms with Crippen molar-refractivity contribution in [2.75, 3.05) is 11.4 Å². The molecule has 1 aliphatic rings. The molecular formula is C22H20ClN3O4. The van der Waals surface area contributed by atoms with Crippen LogP contribution in [-0.4, -0.2) is 17.4 Å². The van der Waals surface area contributed by atoms with Gasteiger partial charge in [-0.15, -0.1) is 0 Å². The number of hydrogen-bond donors (Lipinski definition) is 1. The van der Waals surface area contributed by atoms with E-state index in [2.05, 4.69) is 5.32 Å². The molecule has 2 heterocycles. The SMILES string of the molecule is O=C1CCCN1c1cccc(CNCc2ccc(-c3ccc(Cl)cc3[N+](=O)[O-])o2)c1. The van der Waals surface area contributed by atoms with E-state index in [9.17, 15) is 14.9 Å². The molecule has 1 aromatic heterocycles. The number of hydrogen-bond acceptors (Lipinski definition) is 5. The van der Waals surface area contributed by atoms with Gasteiger partial charge < -0.3 is 14.6 Å². The molecule has 30 heavy (non-hydrogen) atoms. The molecule has 1 saturated heterocycles. The highest BCUT2D eigenvalue weighted by Gasteiger charge is 2.22.